The van der Waals surface area contributed by atoms with E-state index in [4.69, 9.17) is 4.74 Å². The average molecular weight is 383 g/mol. The number of hydrogen-bond donors (Lipinski definition) is 1. The van der Waals surface area contributed by atoms with Crippen LogP contribution in [0.15, 0.2) is 18.2 Å². The Morgan fingerprint density at radius 2 is 2.15 bits per heavy atom. The van der Waals surface area contributed by atoms with Gasteiger partial charge in [-0.15, -0.1) is 0 Å². The molecule has 1 fully saturated rings. The highest BCUT2D eigenvalue weighted by Crippen LogP contribution is 2.19. The molecule has 1 aliphatic heterocycles. The average Bonchev–Trinajstić information content (AvgIpc) is 2.62. The second kappa shape index (κ2) is 9.75. The summed E-state index contributed by atoms with van der Waals surface area (Å²) in [5.74, 6) is -2.29. The Kier molecular flexibility index (Phi) is 7.67. The Labute approximate surface area is 158 Å². The van der Waals surface area contributed by atoms with E-state index in [-0.39, 0.29) is 36.4 Å². The normalized spacial score (nSPS) is 17.9. The molecule has 0 spiro atoms. The van der Waals surface area contributed by atoms with Crippen LogP contribution in [0.25, 0.3) is 0 Å². The van der Waals surface area contributed by atoms with E-state index in [0.29, 0.717) is 26.2 Å². The first-order valence-electron chi connectivity index (χ1n) is 9.08. The van der Waals surface area contributed by atoms with Crippen molar-refractivity contribution < 1.29 is 23.1 Å². The molecular weight excluding hydrogens is 356 g/mol. The van der Waals surface area contributed by atoms with Gasteiger partial charge in [-0.25, -0.2) is 8.78 Å². The van der Waals surface area contributed by atoms with Gasteiger partial charge >= 0.3 is 0 Å². The molecule has 150 valence electrons. The van der Waals surface area contributed by atoms with E-state index in [1.807, 2.05) is 13.8 Å². The maximum Gasteiger partial charge on any atom is 0.237 e. The van der Waals surface area contributed by atoms with Gasteiger partial charge in [-0.3, -0.25) is 14.5 Å². The van der Waals surface area contributed by atoms with Crippen LogP contribution in [0.3, 0.4) is 0 Å². The lowest BCUT2D eigenvalue weighted by Crippen LogP contribution is -2.56. The maximum atomic E-state index is 14.0. The van der Waals surface area contributed by atoms with E-state index in [1.54, 1.807) is 16.9 Å². The molecule has 0 aliphatic carbocycles. The van der Waals surface area contributed by atoms with Gasteiger partial charge in [-0.1, -0.05) is 12.1 Å². The van der Waals surface area contributed by atoms with Gasteiger partial charge in [0.25, 0.3) is 0 Å². The number of benzene rings is 1. The summed E-state index contributed by atoms with van der Waals surface area (Å²) in [6.45, 7) is 5.55. The van der Waals surface area contributed by atoms with Crippen LogP contribution in [0.4, 0.5) is 8.78 Å². The molecule has 0 aromatic heterocycles. The zero-order valence-electron chi connectivity index (χ0n) is 16.0. The zero-order valence-corrected chi connectivity index (χ0v) is 16.0. The number of nitrogens with zero attached hydrogens (tertiary/aromatic N) is 2. The number of methoxy groups -OCH3 is 1. The van der Waals surface area contributed by atoms with Crippen molar-refractivity contribution in [1.29, 1.82) is 0 Å². The molecule has 1 N–H and O–H groups in total. The number of carbonyl (C=O) groups is 2. The van der Waals surface area contributed by atoms with E-state index in [1.165, 1.54) is 12.1 Å². The predicted octanol–water partition coefficient (Wildman–Crippen LogP) is 1.54. The van der Waals surface area contributed by atoms with Crippen LogP contribution in [-0.2, 0) is 20.9 Å². The summed E-state index contributed by atoms with van der Waals surface area (Å²) in [6.07, 6.45) is -0.0232. The summed E-state index contributed by atoms with van der Waals surface area (Å²) in [7, 11) is 1.56. The smallest absolute Gasteiger partial charge is 0.237 e. The highest BCUT2D eigenvalue weighted by Gasteiger charge is 2.33. The lowest BCUT2D eigenvalue weighted by atomic mass is 10.1. The number of carbonyl (C=O) groups excluding carboxylic acids is 2. The minimum atomic E-state index is -0.924. The van der Waals surface area contributed by atoms with Crippen LogP contribution in [-0.4, -0.2) is 67.0 Å². The number of hydrogen-bond acceptors (Lipinski definition) is 4. The molecule has 0 radical (unpaired) electrons. The molecule has 1 aliphatic rings. The molecule has 2 amide bonds. The number of halogens is 2. The van der Waals surface area contributed by atoms with E-state index in [2.05, 4.69) is 5.32 Å². The SMILES string of the molecule is COCCN(C(=O)CC1C(=O)NCCN1Cc1cccc(F)c1F)C(C)C. The van der Waals surface area contributed by atoms with Gasteiger partial charge < -0.3 is 15.0 Å². The topological polar surface area (TPSA) is 61.9 Å². The summed E-state index contributed by atoms with van der Waals surface area (Å²) in [5, 5.41) is 2.75. The molecule has 1 saturated heterocycles. The quantitative estimate of drug-likeness (QED) is 0.740. The Morgan fingerprint density at radius 3 is 2.81 bits per heavy atom. The van der Waals surface area contributed by atoms with Crippen molar-refractivity contribution in [3.8, 4) is 0 Å². The standard InChI is InChI=1S/C19H27F2N3O3/c1-13(2)24(9-10-27-3)17(25)11-16-19(26)22-7-8-23(16)12-14-5-4-6-15(20)18(14)21/h4-6,13,16H,7-12H2,1-3H3,(H,22,26). The minimum Gasteiger partial charge on any atom is -0.383 e. The second-order valence-electron chi connectivity index (χ2n) is 6.87. The van der Waals surface area contributed by atoms with Gasteiger partial charge in [0.1, 0.15) is 0 Å². The number of rotatable bonds is 8. The van der Waals surface area contributed by atoms with Gasteiger partial charge in [0.2, 0.25) is 11.8 Å². The fraction of sp³-hybridized carbons (Fsp3) is 0.579. The first-order valence-corrected chi connectivity index (χ1v) is 9.08. The van der Waals surface area contributed by atoms with Gasteiger partial charge in [0.15, 0.2) is 11.6 Å². The summed E-state index contributed by atoms with van der Waals surface area (Å²) >= 11 is 0. The summed E-state index contributed by atoms with van der Waals surface area (Å²) in [6, 6.07) is 3.22. The Morgan fingerprint density at radius 1 is 1.41 bits per heavy atom. The molecular formula is C19H27F2N3O3. The zero-order chi connectivity index (χ0) is 20.0. The van der Waals surface area contributed by atoms with Crippen LogP contribution in [0.2, 0.25) is 0 Å². The molecule has 2 rings (SSSR count). The van der Waals surface area contributed by atoms with Gasteiger partial charge in [-0.2, -0.15) is 0 Å². The number of ether oxygens (including phenoxy) is 1. The molecule has 1 aromatic carbocycles. The monoisotopic (exact) mass is 383 g/mol. The summed E-state index contributed by atoms with van der Waals surface area (Å²) in [5.41, 5.74) is 0.169. The van der Waals surface area contributed by atoms with Crippen LogP contribution in [0, 0.1) is 11.6 Å². The second-order valence-corrected chi connectivity index (χ2v) is 6.87. The molecule has 1 aromatic rings. The Balaban J connectivity index is 2.14. The van der Waals surface area contributed by atoms with Crippen LogP contribution in [0.1, 0.15) is 25.8 Å². The van der Waals surface area contributed by atoms with Crippen molar-refractivity contribution in [1.82, 2.24) is 15.1 Å². The number of amides is 2. The molecule has 0 bridgehead atoms. The molecule has 8 heteroatoms. The fourth-order valence-electron chi connectivity index (χ4n) is 3.21. The first-order chi connectivity index (χ1) is 12.8. The molecule has 27 heavy (non-hydrogen) atoms. The summed E-state index contributed by atoms with van der Waals surface area (Å²) < 4.78 is 32.6. The third kappa shape index (κ3) is 5.46. The number of piperazine rings is 1. The number of nitrogens with one attached hydrogen (secondary N) is 1. The molecule has 1 atom stereocenters. The molecule has 6 nitrogen and oxygen atoms in total. The molecule has 1 unspecified atom stereocenters. The fourth-order valence-corrected chi connectivity index (χ4v) is 3.21. The highest BCUT2D eigenvalue weighted by atomic mass is 19.2. The van der Waals surface area contributed by atoms with Crippen molar-refractivity contribution in [2.75, 3.05) is 33.4 Å². The van der Waals surface area contributed by atoms with Crippen LogP contribution >= 0.6 is 0 Å². The molecule has 0 saturated carbocycles. The van der Waals surface area contributed by atoms with Crippen LogP contribution in [0.5, 0.6) is 0 Å². The third-order valence-corrected chi connectivity index (χ3v) is 4.69. The van der Waals surface area contributed by atoms with Crippen LogP contribution < -0.4 is 5.32 Å². The highest BCUT2D eigenvalue weighted by molar-refractivity contribution is 5.89. The van der Waals surface area contributed by atoms with Crippen molar-refractivity contribution in [2.45, 2.75) is 38.9 Å². The lowest BCUT2D eigenvalue weighted by molar-refractivity contribution is -0.140. The Bertz CT molecular complexity index is 670. The first kappa shape index (κ1) is 21.2. The van der Waals surface area contributed by atoms with Gasteiger partial charge in [-0.05, 0) is 19.9 Å². The Hall–Kier alpha value is -2.06. The van der Waals surface area contributed by atoms with Crippen molar-refractivity contribution in [3.63, 3.8) is 0 Å². The van der Waals surface area contributed by atoms with Gasteiger partial charge in [0, 0.05) is 44.9 Å². The van der Waals surface area contributed by atoms with E-state index >= 15 is 0 Å². The minimum absolute atomic E-state index is 0.0232. The van der Waals surface area contributed by atoms with Gasteiger partial charge in [0.05, 0.1) is 19.1 Å². The lowest BCUT2D eigenvalue weighted by Gasteiger charge is -2.36. The van der Waals surface area contributed by atoms with E-state index in [9.17, 15) is 18.4 Å². The van der Waals surface area contributed by atoms with Crippen molar-refractivity contribution >= 4 is 11.8 Å². The predicted molar refractivity (Wildman–Crippen MR) is 96.9 cm³/mol. The van der Waals surface area contributed by atoms with E-state index in [0.717, 1.165) is 6.07 Å². The van der Waals surface area contributed by atoms with Crippen molar-refractivity contribution in [2.24, 2.45) is 0 Å². The summed E-state index contributed by atoms with van der Waals surface area (Å²) in [4.78, 5) is 28.5. The third-order valence-electron chi connectivity index (χ3n) is 4.69. The maximum absolute atomic E-state index is 14.0. The largest absolute Gasteiger partial charge is 0.383 e. The molecule has 1 heterocycles. The van der Waals surface area contributed by atoms with E-state index < -0.39 is 17.7 Å². The van der Waals surface area contributed by atoms with Crippen molar-refractivity contribution in [3.05, 3.63) is 35.4 Å².